The van der Waals surface area contributed by atoms with Crippen LogP contribution in [0.2, 0.25) is 0 Å². The molecular weight excluding hydrogens is 720 g/mol. The molecule has 0 spiro atoms. The number of carboxylic acids is 1. The molecule has 0 aromatic heterocycles. The summed E-state index contributed by atoms with van der Waals surface area (Å²) in [6.45, 7) is 5.55. The van der Waals surface area contributed by atoms with Crippen LogP contribution in [-0.2, 0) is 28.8 Å². The zero-order valence-electron chi connectivity index (χ0n) is 32.0. The van der Waals surface area contributed by atoms with E-state index in [1.54, 1.807) is 0 Å². The molecule has 0 aliphatic heterocycles. The molecule has 0 fully saturated rings. The fourth-order valence-corrected chi connectivity index (χ4v) is 4.91. The van der Waals surface area contributed by atoms with Crippen LogP contribution in [0.5, 0.6) is 0 Å². The number of aliphatic carboxylic acids is 1. The van der Waals surface area contributed by atoms with Gasteiger partial charge in [-0.1, -0.05) is 13.8 Å². The number of carbonyl (C=O) groups is 6. The van der Waals surface area contributed by atoms with Gasteiger partial charge in [0.25, 0.3) is 0 Å². The van der Waals surface area contributed by atoms with E-state index in [0.717, 1.165) is 6.54 Å². The van der Waals surface area contributed by atoms with Gasteiger partial charge in [-0.3, -0.25) is 38.9 Å². The molecule has 4 atom stereocenters. The predicted octanol–water partition coefficient (Wildman–Crippen LogP) is -5.32. The average Bonchev–Trinajstić information content (AvgIpc) is 3.12. The summed E-state index contributed by atoms with van der Waals surface area (Å²) in [6, 6.07) is -4.70. The molecule has 0 aromatic carbocycles. The Morgan fingerprint density at radius 1 is 0.509 bits per heavy atom. The van der Waals surface area contributed by atoms with Gasteiger partial charge in [0, 0.05) is 19.6 Å². The number of nitrogens with two attached hydrogens (primary N) is 6. The molecule has 0 radical (unpaired) electrons. The molecule has 23 heteroatoms. The van der Waals surface area contributed by atoms with Gasteiger partial charge in [-0.2, -0.15) is 0 Å². The van der Waals surface area contributed by atoms with E-state index in [-0.39, 0.29) is 82.6 Å². The summed E-state index contributed by atoms with van der Waals surface area (Å²) in [5.41, 5.74) is 32.5. The summed E-state index contributed by atoms with van der Waals surface area (Å²) in [6.07, 6.45) is 2.40. The Kier molecular flexibility index (Phi) is 27.0. The Labute approximate surface area is 321 Å². The van der Waals surface area contributed by atoms with E-state index in [1.807, 2.05) is 13.8 Å². The molecule has 0 saturated carbocycles. The lowest BCUT2D eigenvalue weighted by molar-refractivity contribution is -0.142. The van der Waals surface area contributed by atoms with E-state index < -0.39 is 66.2 Å². The van der Waals surface area contributed by atoms with Crippen molar-refractivity contribution in [2.24, 2.45) is 49.4 Å². The zero-order chi connectivity index (χ0) is 41.6. The van der Waals surface area contributed by atoms with Gasteiger partial charge in [0.05, 0.1) is 13.1 Å². The number of hydrogen-bond donors (Lipinski definition) is 14. The molecule has 0 saturated heterocycles. The van der Waals surface area contributed by atoms with Gasteiger partial charge in [-0.05, 0) is 77.4 Å². The normalized spacial score (nSPS) is 12.8. The van der Waals surface area contributed by atoms with Gasteiger partial charge in [0.15, 0.2) is 17.9 Å². The summed E-state index contributed by atoms with van der Waals surface area (Å²) in [5, 5.41) is 28.4. The molecular formula is C32H64N16O7. The molecule has 314 valence electrons. The first-order valence-corrected chi connectivity index (χ1v) is 18.4. The molecule has 5 amide bonds. The summed E-state index contributed by atoms with van der Waals surface area (Å²) < 4.78 is 0. The molecule has 0 aromatic rings. The maximum atomic E-state index is 13.8. The zero-order valence-corrected chi connectivity index (χ0v) is 32.0. The number of guanidine groups is 3. The number of nitrogens with one attached hydrogen (secondary N) is 7. The smallest absolute Gasteiger partial charge is 0.326 e. The highest BCUT2D eigenvalue weighted by Crippen LogP contribution is 2.07. The Morgan fingerprint density at radius 3 is 1.35 bits per heavy atom. The van der Waals surface area contributed by atoms with Crippen LogP contribution in [-0.4, -0.2) is 135 Å². The maximum absolute atomic E-state index is 13.8. The maximum Gasteiger partial charge on any atom is 0.326 e. The topological polar surface area (TPSA) is 400 Å². The summed E-state index contributed by atoms with van der Waals surface area (Å²) >= 11 is 0. The lowest BCUT2D eigenvalue weighted by Crippen LogP contribution is -2.57. The predicted molar refractivity (Wildman–Crippen MR) is 209 cm³/mol. The van der Waals surface area contributed by atoms with Crippen molar-refractivity contribution >= 4 is 53.4 Å². The number of unbranched alkanes of at least 4 members (excludes halogenated alkanes) is 1. The first-order chi connectivity index (χ1) is 26.1. The highest BCUT2D eigenvalue weighted by atomic mass is 16.4. The molecule has 0 heterocycles. The molecule has 0 rings (SSSR count). The van der Waals surface area contributed by atoms with E-state index >= 15 is 0 Å². The van der Waals surface area contributed by atoms with Crippen molar-refractivity contribution in [1.29, 1.82) is 0 Å². The SMILES string of the molecule is CCNCCCCC(NC(=O)CNC(=O)C(CCCN=C(N)N)NC(=O)C(CCCN=C(N)N)NC(=O)C(CCCN=C(N)N)NC(=O)CNCC)C(=O)O. The quantitative estimate of drug-likeness (QED) is 0.0177. The molecule has 55 heavy (non-hydrogen) atoms. The minimum absolute atomic E-state index is 0.0160. The number of hydrogen-bond acceptors (Lipinski definition) is 11. The number of likely N-dealkylation sites (N-methyl/N-ethyl adjacent to an activating group) is 1. The van der Waals surface area contributed by atoms with Gasteiger partial charge < -0.3 is 76.7 Å². The molecule has 23 nitrogen and oxygen atoms in total. The van der Waals surface area contributed by atoms with E-state index in [2.05, 4.69) is 52.2 Å². The van der Waals surface area contributed by atoms with Gasteiger partial charge in [0.2, 0.25) is 29.5 Å². The van der Waals surface area contributed by atoms with Crippen LogP contribution in [0.3, 0.4) is 0 Å². The average molecular weight is 785 g/mol. The highest BCUT2D eigenvalue weighted by molar-refractivity contribution is 5.95. The lowest BCUT2D eigenvalue weighted by Gasteiger charge is -2.25. The lowest BCUT2D eigenvalue weighted by atomic mass is 10.1. The van der Waals surface area contributed by atoms with Crippen molar-refractivity contribution in [2.45, 2.75) is 95.8 Å². The molecule has 0 aliphatic rings. The minimum Gasteiger partial charge on any atom is -0.480 e. The van der Waals surface area contributed by atoms with E-state index in [9.17, 15) is 33.9 Å². The van der Waals surface area contributed by atoms with E-state index in [4.69, 9.17) is 34.4 Å². The van der Waals surface area contributed by atoms with Crippen molar-refractivity contribution in [1.82, 2.24) is 37.2 Å². The van der Waals surface area contributed by atoms with Crippen molar-refractivity contribution in [2.75, 3.05) is 52.4 Å². The second kappa shape index (κ2) is 29.9. The van der Waals surface area contributed by atoms with Crippen LogP contribution in [0.15, 0.2) is 15.0 Å². The monoisotopic (exact) mass is 785 g/mol. The fourth-order valence-electron chi connectivity index (χ4n) is 4.91. The second-order valence-corrected chi connectivity index (χ2v) is 12.4. The van der Waals surface area contributed by atoms with Gasteiger partial charge in [-0.15, -0.1) is 0 Å². The van der Waals surface area contributed by atoms with E-state index in [0.29, 0.717) is 32.4 Å². The van der Waals surface area contributed by atoms with Crippen LogP contribution >= 0.6 is 0 Å². The minimum atomic E-state index is -1.23. The van der Waals surface area contributed by atoms with Crippen molar-refractivity contribution < 1.29 is 33.9 Å². The van der Waals surface area contributed by atoms with Crippen LogP contribution in [0.1, 0.15) is 71.6 Å². The summed E-state index contributed by atoms with van der Waals surface area (Å²) in [4.78, 5) is 89.3. The number of amides is 5. The molecule has 4 unspecified atom stereocenters. The van der Waals surface area contributed by atoms with Gasteiger partial charge >= 0.3 is 5.97 Å². The highest BCUT2D eigenvalue weighted by Gasteiger charge is 2.30. The summed E-state index contributed by atoms with van der Waals surface area (Å²) in [7, 11) is 0. The van der Waals surface area contributed by atoms with Crippen LogP contribution in [0.25, 0.3) is 0 Å². The Bertz CT molecular complexity index is 1280. The third-order valence-corrected chi connectivity index (χ3v) is 7.69. The Morgan fingerprint density at radius 2 is 0.909 bits per heavy atom. The number of rotatable bonds is 31. The molecule has 0 bridgehead atoms. The third-order valence-electron chi connectivity index (χ3n) is 7.69. The van der Waals surface area contributed by atoms with Crippen LogP contribution in [0.4, 0.5) is 0 Å². The second-order valence-electron chi connectivity index (χ2n) is 12.4. The number of nitrogens with zero attached hydrogens (tertiary/aromatic N) is 3. The van der Waals surface area contributed by atoms with Crippen molar-refractivity contribution in [3.05, 3.63) is 0 Å². The standard InChI is InChI=1S/C32H64N16O7/c1-3-39-14-6-5-10-23(29(54)55)46-25(50)19-44-26(51)20(11-7-15-41-30(33)34)47-28(53)22(13-9-17-43-32(37)38)48-27(52)21(12-8-16-42-31(35)36)45-24(49)18-40-4-2/h20-23,39-40H,3-19H2,1-2H3,(H,44,51)(H,45,49)(H,46,50)(H,47,53)(H,48,52)(H,54,55)(H4,33,34,41)(H4,35,36,42)(H4,37,38,43). The molecule has 0 aliphatic carbocycles. The molecule has 20 N–H and O–H groups in total. The van der Waals surface area contributed by atoms with Gasteiger partial charge in [-0.25, -0.2) is 4.79 Å². The van der Waals surface area contributed by atoms with E-state index in [1.165, 1.54) is 0 Å². The Balaban J connectivity index is 6.03. The Hall–Kier alpha value is -5.45. The van der Waals surface area contributed by atoms with Crippen molar-refractivity contribution in [3.63, 3.8) is 0 Å². The first-order valence-electron chi connectivity index (χ1n) is 18.4. The van der Waals surface area contributed by atoms with Crippen molar-refractivity contribution in [3.8, 4) is 0 Å². The first kappa shape index (κ1) is 49.6. The number of carbonyl (C=O) groups excluding carboxylic acids is 5. The van der Waals surface area contributed by atoms with Crippen LogP contribution < -0.4 is 71.6 Å². The van der Waals surface area contributed by atoms with Gasteiger partial charge in [0.1, 0.15) is 24.2 Å². The third kappa shape index (κ3) is 26.0. The van der Waals surface area contributed by atoms with Crippen LogP contribution in [0, 0.1) is 0 Å². The number of carboxylic acid groups (broad SMARTS) is 1. The number of aliphatic imine (C=N–C) groups is 3. The largest absolute Gasteiger partial charge is 0.480 e. The fraction of sp³-hybridized carbons (Fsp3) is 0.719. The summed E-state index contributed by atoms with van der Waals surface area (Å²) in [5.74, 6) is -5.10.